The number of hydrogen-bond donors (Lipinski definition) is 7. The number of amides is 2. The molecule has 2 heterocycles. The van der Waals surface area contributed by atoms with Crippen molar-refractivity contribution in [1.82, 2.24) is 26.2 Å². The lowest BCUT2D eigenvalue weighted by Crippen LogP contribution is -2.60. The lowest BCUT2D eigenvalue weighted by Gasteiger charge is -2.47. The molecule has 0 bridgehead atoms. The summed E-state index contributed by atoms with van der Waals surface area (Å²) in [5, 5.41) is 40.2. The van der Waals surface area contributed by atoms with Crippen LogP contribution in [0.15, 0.2) is 54.6 Å². The maximum Gasteiger partial charge on any atom is 0.407 e. The Balaban J connectivity index is 1.29. The minimum atomic E-state index is -0.742. The maximum absolute atomic E-state index is 13.8. The van der Waals surface area contributed by atoms with E-state index in [-0.39, 0.29) is 35.6 Å². The number of benzene rings is 2. The molecule has 3 aliphatic rings. The number of hydrogen-bond acceptors (Lipinski definition) is 9. The van der Waals surface area contributed by atoms with Gasteiger partial charge < -0.3 is 41.5 Å². The second-order valence-electron chi connectivity index (χ2n) is 18.0. The highest BCUT2D eigenvalue weighted by molar-refractivity contribution is 5.82. The van der Waals surface area contributed by atoms with Crippen LogP contribution in [0.4, 0.5) is 10.5 Å². The lowest BCUT2D eigenvalue weighted by molar-refractivity contribution is -0.132. The summed E-state index contributed by atoms with van der Waals surface area (Å²) >= 11 is 0. The second kappa shape index (κ2) is 19.1. The van der Waals surface area contributed by atoms with Gasteiger partial charge >= 0.3 is 6.09 Å². The van der Waals surface area contributed by atoms with Crippen molar-refractivity contribution < 1.29 is 24.5 Å². The van der Waals surface area contributed by atoms with Crippen molar-refractivity contribution in [2.24, 2.45) is 11.8 Å². The summed E-state index contributed by atoms with van der Waals surface area (Å²) in [6.07, 6.45) is 5.69. The van der Waals surface area contributed by atoms with Gasteiger partial charge in [-0.3, -0.25) is 9.69 Å². The van der Waals surface area contributed by atoms with Gasteiger partial charge in [0.05, 0.1) is 24.3 Å². The predicted octanol–water partition coefficient (Wildman–Crippen LogP) is 4.61. The van der Waals surface area contributed by atoms with Crippen LogP contribution < -0.4 is 26.6 Å². The standard InChI is InChI=1S/C43H68N6O5/c1-42(2,3)48-40(52)37-23-30-16-10-11-18-32(30)27-49(37)28-39(51)35(22-29-14-8-7-9-15-29)46-25-33(20-21-44-41(53)54-43(4,5)6)45-26-36-38(50)24-31-17-12-13-19-34(31)47-36/h7-9,12-15,17,19,30,32-33,35-39,45-47,50-51H,10-11,16,18,20-28H2,1-6H3,(H,44,53)(H,48,52)/t30?,32?,33-,35+,36?,37?,38?,39-/m0/s1. The molecule has 0 aromatic heterocycles. The zero-order valence-corrected chi connectivity index (χ0v) is 33.6. The molecule has 1 aliphatic carbocycles. The lowest BCUT2D eigenvalue weighted by atomic mass is 9.72. The highest BCUT2D eigenvalue weighted by Crippen LogP contribution is 2.39. The van der Waals surface area contributed by atoms with Gasteiger partial charge in [-0.25, -0.2) is 4.79 Å². The number of β-amino-alcohol motifs (C(OH)–C–C–N with tert-alkyl or cyclic N) is 1. The molecule has 2 aromatic carbocycles. The first-order valence-corrected chi connectivity index (χ1v) is 20.4. The van der Waals surface area contributed by atoms with Crippen molar-refractivity contribution >= 4 is 17.7 Å². The molecule has 8 atom stereocenters. The zero-order chi connectivity index (χ0) is 38.9. The Morgan fingerprint density at radius 1 is 0.963 bits per heavy atom. The second-order valence-corrected chi connectivity index (χ2v) is 18.0. The molecule has 300 valence electrons. The van der Waals surface area contributed by atoms with Crippen LogP contribution in [0.25, 0.3) is 0 Å². The molecule has 5 unspecified atom stereocenters. The molecule has 1 saturated carbocycles. The van der Waals surface area contributed by atoms with E-state index in [1.807, 2.05) is 84.0 Å². The van der Waals surface area contributed by atoms with Gasteiger partial charge in [-0.2, -0.15) is 0 Å². The first kappa shape index (κ1) is 41.9. The average Bonchev–Trinajstić information content (AvgIpc) is 3.10. The minimum Gasteiger partial charge on any atom is -0.444 e. The number of nitrogens with zero attached hydrogens (tertiary/aromatic N) is 1. The first-order chi connectivity index (χ1) is 25.6. The summed E-state index contributed by atoms with van der Waals surface area (Å²) < 4.78 is 5.48. The Labute approximate surface area is 323 Å². The van der Waals surface area contributed by atoms with Crippen LogP contribution in [0.5, 0.6) is 0 Å². The Bertz CT molecular complexity index is 1480. The van der Waals surface area contributed by atoms with E-state index in [1.54, 1.807) is 0 Å². The third-order valence-electron chi connectivity index (χ3n) is 11.2. The van der Waals surface area contributed by atoms with Gasteiger partial charge in [-0.1, -0.05) is 67.8 Å². The highest BCUT2D eigenvalue weighted by atomic mass is 16.6. The molecule has 7 N–H and O–H groups in total. The molecule has 11 heteroatoms. The largest absolute Gasteiger partial charge is 0.444 e. The van der Waals surface area contributed by atoms with Crippen molar-refractivity contribution in [2.45, 2.75) is 140 Å². The van der Waals surface area contributed by atoms with Crippen molar-refractivity contribution in [3.05, 3.63) is 65.7 Å². The Hall–Kier alpha value is -3.22. The van der Waals surface area contributed by atoms with E-state index < -0.39 is 23.9 Å². The molecule has 0 spiro atoms. The molecule has 2 amide bonds. The summed E-state index contributed by atoms with van der Waals surface area (Å²) in [6.45, 7) is 14.2. The van der Waals surface area contributed by atoms with E-state index in [0.717, 1.165) is 29.8 Å². The SMILES string of the molecule is CC(C)(C)NC(=O)C1CC2CCCCC2CN1C[C@H](O)[C@@H](Cc1ccccc1)NC[C@H](CCNC(=O)OC(C)(C)C)NCC1Nc2ccccc2CC1O. The van der Waals surface area contributed by atoms with Crippen LogP contribution in [0, 0.1) is 11.8 Å². The van der Waals surface area contributed by atoms with Gasteiger partial charge in [-0.05, 0) is 96.3 Å². The van der Waals surface area contributed by atoms with Crippen molar-refractivity contribution in [3.8, 4) is 0 Å². The fourth-order valence-electron chi connectivity index (χ4n) is 8.42. The monoisotopic (exact) mass is 749 g/mol. The molecule has 0 radical (unpaired) electrons. The third-order valence-corrected chi connectivity index (χ3v) is 11.2. The number of rotatable bonds is 15. The van der Waals surface area contributed by atoms with Gasteiger partial charge in [0.1, 0.15) is 5.60 Å². The third kappa shape index (κ3) is 12.9. The summed E-state index contributed by atoms with van der Waals surface area (Å²) in [4.78, 5) is 28.5. The van der Waals surface area contributed by atoms with Crippen LogP contribution in [0.2, 0.25) is 0 Å². The summed E-state index contributed by atoms with van der Waals surface area (Å²) in [7, 11) is 0. The molecule has 2 aromatic rings. The molecular formula is C43H68N6O5. The number of alkyl carbamates (subject to hydrolysis) is 1. The molecule has 11 nitrogen and oxygen atoms in total. The van der Waals surface area contributed by atoms with E-state index in [4.69, 9.17) is 4.74 Å². The molecule has 1 saturated heterocycles. The fraction of sp³-hybridized carbons (Fsp3) is 0.674. The first-order valence-electron chi connectivity index (χ1n) is 20.4. The maximum atomic E-state index is 13.8. The van der Waals surface area contributed by atoms with E-state index >= 15 is 0 Å². The fourth-order valence-corrected chi connectivity index (χ4v) is 8.42. The number of carbonyl (C=O) groups excluding carboxylic acids is 2. The molecular weight excluding hydrogens is 681 g/mol. The number of aliphatic hydroxyl groups is 2. The topological polar surface area (TPSA) is 147 Å². The summed E-state index contributed by atoms with van der Waals surface area (Å²) in [5.74, 6) is 1.15. The molecule has 54 heavy (non-hydrogen) atoms. The van der Waals surface area contributed by atoms with Crippen LogP contribution in [-0.2, 0) is 22.4 Å². The number of ether oxygens (including phenoxy) is 1. The van der Waals surface area contributed by atoms with E-state index in [0.29, 0.717) is 57.3 Å². The highest BCUT2D eigenvalue weighted by Gasteiger charge is 2.41. The minimum absolute atomic E-state index is 0.0502. The van der Waals surface area contributed by atoms with Gasteiger partial charge in [0.2, 0.25) is 5.91 Å². The van der Waals surface area contributed by atoms with E-state index in [9.17, 15) is 19.8 Å². The van der Waals surface area contributed by atoms with Gasteiger partial charge in [-0.15, -0.1) is 0 Å². The number of para-hydroxylation sites is 1. The number of piperidine rings is 1. The van der Waals surface area contributed by atoms with Crippen molar-refractivity contribution in [1.29, 1.82) is 0 Å². The average molecular weight is 749 g/mol. The Morgan fingerprint density at radius 2 is 1.67 bits per heavy atom. The van der Waals surface area contributed by atoms with Crippen molar-refractivity contribution in [3.63, 3.8) is 0 Å². The van der Waals surface area contributed by atoms with Gasteiger partial charge in [0, 0.05) is 62.5 Å². The Morgan fingerprint density at radius 3 is 2.39 bits per heavy atom. The summed E-state index contributed by atoms with van der Waals surface area (Å²) in [5.41, 5.74) is 2.32. The van der Waals surface area contributed by atoms with Crippen molar-refractivity contribution in [2.75, 3.05) is 38.0 Å². The van der Waals surface area contributed by atoms with Gasteiger partial charge in [0.25, 0.3) is 0 Å². The number of nitrogens with one attached hydrogen (secondary N) is 5. The Kier molecular flexibility index (Phi) is 14.8. The van der Waals surface area contributed by atoms with Crippen LogP contribution in [-0.4, -0.2) is 107 Å². The number of likely N-dealkylation sites (tertiary alicyclic amines) is 1. The van der Waals surface area contributed by atoms with Crippen LogP contribution in [0.1, 0.15) is 91.2 Å². The zero-order valence-electron chi connectivity index (χ0n) is 33.6. The molecule has 5 rings (SSSR count). The summed E-state index contributed by atoms with van der Waals surface area (Å²) in [6, 6.07) is 17.4. The van der Waals surface area contributed by atoms with Crippen LogP contribution >= 0.6 is 0 Å². The molecule has 2 fully saturated rings. The predicted molar refractivity (Wildman–Crippen MR) is 215 cm³/mol. The van der Waals surface area contributed by atoms with Crippen LogP contribution in [0.3, 0.4) is 0 Å². The van der Waals surface area contributed by atoms with E-state index in [1.165, 1.54) is 25.7 Å². The quantitative estimate of drug-likeness (QED) is 0.139. The number of aliphatic hydroxyl groups excluding tert-OH is 2. The van der Waals surface area contributed by atoms with E-state index in [2.05, 4.69) is 43.6 Å². The molecule has 2 aliphatic heterocycles. The normalized spacial score (nSPS) is 24.9. The number of anilines is 1. The smallest absolute Gasteiger partial charge is 0.407 e. The number of fused-ring (bicyclic) bond motifs is 2. The number of carbonyl (C=O) groups is 2. The van der Waals surface area contributed by atoms with Gasteiger partial charge in [0.15, 0.2) is 0 Å².